The fraction of sp³-hybridized carbons (Fsp3) is 0.118. The van der Waals surface area contributed by atoms with Gasteiger partial charge in [-0.1, -0.05) is 23.4 Å². The van der Waals surface area contributed by atoms with Crippen molar-refractivity contribution >= 4 is 40.6 Å². The minimum absolute atomic E-state index is 0.0445. The first-order valence-corrected chi connectivity index (χ1v) is 8.93. The number of nitrogens with two attached hydrogens (primary N) is 1. The molecule has 26 heavy (non-hydrogen) atoms. The maximum atomic E-state index is 13.1. The molecule has 6 nitrogen and oxygen atoms in total. The van der Waals surface area contributed by atoms with E-state index in [-0.39, 0.29) is 16.7 Å². The minimum Gasteiger partial charge on any atom is -0.399 e. The number of rotatable bonds is 5. The molecule has 0 unspecified atom stereocenters. The highest BCUT2D eigenvalue weighted by molar-refractivity contribution is 7.99. The minimum atomic E-state index is -0.534. The van der Waals surface area contributed by atoms with Crippen LogP contribution in [0.1, 0.15) is 0 Å². The van der Waals surface area contributed by atoms with Gasteiger partial charge in [0.2, 0.25) is 5.91 Å². The second-order valence-corrected chi connectivity index (χ2v) is 6.80. The van der Waals surface area contributed by atoms with Crippen LogP contribution in [0.3, 0.4) is 0 Å². The first kappa shape index (κ1) is 18.2. The lowest BCUT2D eigenvalue weighted by Crippen LogP contribution is -2.14. The van der Waals surface area contributed by atoms with E-state index in [0.29, 0.717) is 22.4 Å². The van der Waals surface area contributed by atoms with E-state index >= 15 is 0 Å². The Kier molecular flexibility index (Phi) is 5.43. The second kappa shape index (κ2) is 7.76. The summed E-state index contributed by atoms with van der Waals surface area (Å²) in [5.74, 6) is 0.0177. The Morgan fingerprint density at radius 2 is 2.00 bits per heavy atom. The third-order valence-corrected chi connectivity index (χ3v) is 4.85. The summed E-state index contributed by atoms with van der Waals surface area (Å²) in [5, 5.41) is 11.5. The number of nitrogens with one attached hydrogen (secondary N) is 1. The molecule has 0 saturated heterocycles. The lowest BCUT2D eigenvalue weighted by atomic mass is 10.2. The fourth-order valence-electron chi connectivity index (χ4n) is 2.23. The van der Waals surface area contributed by atoms with Crippen LogP contribution in [0.25, 0.3) is 11.4 Å². The van der Waals surface area contributed by atoms with Crippen molar-refractivity contribution in [1.29, 1.82) is 0 Å². The fourth-order valence-corrected chi connectivity index (χ4v) is 3.12. The van der Waals surface area contributed by atoms with Crippen LogP contribution in [0.2, 0.25) is 5.02 Å². The predicted molar refractivity (Wildman–Crippen MR) is 102 cm³/mol. The van der Waals surface area contributed by atoms with E-state index < -0.39 is 5.82 Å². The van der Waals surface area contributed by atoms with Gasteiger partial charge in [-0.25, -0.2) is 4.39 Å². The first-order valence-electron chi connectivity index (χ1n) is 7.57. The van der Waals surface area contributed by atoms with Gasteiger partial charge >= 0.3 is 0 Å². The topological polar surface area (TPSA) is 85.8 Å². The maximum absolute atomic E-state index is 13.1. The number of carbonyl (C=O) groups excluding carboxylic acids is 1. The van der Waals surface area contributed by atoms with Crippen molar-refractivity contribution in [2.45, 2.75) is 5.16 Å². The highest BCUT2D eigenvalue weighted by Gasteiger charge is 2.13. The SMILES string of the molecule is Cn1c(SCC(=O)Nc2ccc(F)c(Cl)c2)nnc1-c1ccc(N)cc1. The van der Waals surface area contributed by atoms with E-state index in [4.69, 9.17) is 17.3 Å². The van der Waals surface area contributed by atoms with Gasteiger partial charge < -0.3 is 15.6 Å². The molecule has 0 aliphatic rings. The number of amides is 1. The molecule has 2 aromatic carbocycles. The lowest BCUT2D eigenvalue weighted by molar-refractivity contribution is -0.113. The van der Waals surface area contributed by atoms with Gasteiger partial charge in [-0.3, -0.25) is 4.79 Å². The summed E-state index contributed by atoms with van der Waals surface area (Å²) >= 11 is 6.95. The molecule has 0 atom stereocenters. The zero-order valence-corrected chi connectivity index (χ0v) is 15.3. The van der Waals surface area contributed by atoms with Gasteiger partial charge in [-0.05, 0) is 42.5 Å². The van der Waals surface area contributed by atoms with Gasteiger partial charge in [0, 0.05) is 24.0 Å². The third kappa shape index (κ3) is 4.14. The molecular formula is C17H15ClFN5OS. The Balaban J connectivity index is 1.63. The highest BCUT2D eigenvalue weighted by Crippen LogP contribution is 2.24. The summed E-state index contributed by atoms with van der Waals surface area (Å²) in [5.41, 5.74) is 7.67. The number of halogens is 2. The van der Waals surface area contributed by atoms with E-state index in [1.165, 1.54) is 30.0 Å². The average molecular weight is 392 g/mol. The number of benzene rings is 2. The molecule has 1 aromatic heterocycles. The molecule has 3 N–H and O–H groups in total. The van der Waals surface area contributed by atoms with Crippen LogP contribution in [0.4, 0.5) is 15.8 Å². The van der Waals surface area contributed by atoms with Crippen LogP contribution in [-0.2, 0) is 11.8 Å². The van der Waals surface area contributed by atoms with Gasteiger partial charge in [0.05, 0.1) is 10.8 Å². The van der Waals surface area contributed by atoms with Crippen molar-refractivity contribution in [3.63, 3.8) is 0 Å². The third-order valence-electron chi connectivity index (χ3n) is 3.54. The number of nitrogens with zero attached hydrogens (tertiary/aromatic N) is 3. The summed E-state index contributed by atoms with van der Waals surface area (Å²) in [6.07, 6.45) is 0. The van der Waals surface area contributed by atoms with Crippen LogP contribution >= 0.6 is 23.4 Å². The second-order valence-electron chi connectivity index (χ2n) is 5.45. The first-order chi connectivity index (χ1) is 12.4. The number of carbonyl (C=O) groups is 1. The standard InChI is InChI=1S/C17H15ClFN5OS/c1-24-16(10-2-4-11(20)5-3-10)22-23-17(24)26-9-15(25)21-12-6-7-14(19)13(18)8-12/h2-8H,9,20H2,1H3,(H,21,25). The van der Waals surface area contributed by atoms with E-state index in [0.717, 1.165) is 5.56 Å². The summed E-state index contributed by atoms with van der Waals surface area (Å²) in [6.45, 7) is 0. The van der Waals surface area contributed by atoms with Gasteiger partial charge in [0.1, 0.15) is 5.82 Å². The maximum Gasteiger partial charge on any atom is 0.234 e. The zero-order valence-electron chi connectivity index (χ0n) is 13.7. The molecule has 0 radical (unpaired) electrons. The van der Waals surface area contributed by atoms with Crippen LogP contribution in [0, 0.1) is 5.82 Å². The van der Waals surface area contributed by atoms with Gasteiger partial charge in [-0.2, -0.15) is 0 Å². The van der Waals surface area contributed by atoms with Crippen molar-refractivity contribution in [1.82, 2.24) is 14.8 Å². The number of aromatic nitrogens is 3. The molecule has 0 aliphatic carbocycles. The monoisotopic (exact) mass is 391 g/mol. The Bertz CT molecular complexity index is 945. The number of nitrogen functional groups attached to an aromatic ring is 1. The van der Waals surface area contributed by atoms with Crippen molar-refractivity contribution in [2.75, 3.05) is 16.8 Å². The molecule has 1 heterocycles. The number of thioether (sulfide) groups is 1. The van der Waals surface area contributed by atoms with Gasteiger partial charge in [0.25, 0.3) is 0 Å². The molecule has 0 saturated carbocycles. The summed E-state index contributed by atoms with van der Waals surface area (Å²) < 4.78 is 14.9. The van der Waals surface area contributed by atoms with Gasteiger partial charge in [-0.15, -0.1) is 10.2 Å². The Labute approximate surface area is 158 Å². The van der Waals surface area contributed by atoms with Crippen molar-refractivity contribution in [3.8, 4) is 11.4 Å². The molecule has 0 spiro atoms. The summed E-state index contributed by atoms with van der Waals surface area (Å²) in [7, 11) is 1.83. The van der Waals surface area contributed by atoms with Gasteiger partial charge in [0.15, 0.2) is 11.0 Å². The normalized spacial score (nSPS) is 10.7. The Hall–Kier alpha value is -2.58. The predicted octanol–water partition coefficient (Wildman–Crippen LogP) is 3.59. The van der Waals surface area contributed by atoms with Crippen LogP contribution in [0.5, 0.6) is 0 Å². The van der Waals surface area contributed by atoms with Crippen LogP contribution in [0.15, 0.2) is 47.6 Å². The number of anilines is 2. The Morgan fingerprint density at radius 1 is 1.27 bits per heavy atom. The van der Waals surface area contributed by atoms with E-state index in [1.54, 1.807) is 16.7 Å². The number of hydrogen-bond donors (Lipinski definition) is 2. The summed E-state index contributed by atoms with van der Waals surface area (Å²) in [6, 6.07) is 11.3. The van der Waals surface area contributed by atoms with Crippen molar-refractivity contribution in [3.05, 3.63) is 53.3 Å². The molecule has 0 fully saturated rings. The Morgan fingerprint density at radius 3 is 2.69 bits per heavy atom. The highest BCUT2D eigenvalue weighted by atomic mass is 35.5. The molecule has 9 heteroatoms. The lowest BCUT2D eigenvalue weighted by Gasteiger charge is -2.06. The van der Waals surface area contributed by atoms with Crippen LogP contribution in [-0.4, -0.2) is 26.4 Å². The molecular weight excluding hydrogens is 377 g/mol. The molecule has 1 amide bonds. The van der Waals surface area contributed by atoms with E-state index in [1.807, 2.05) is 19.2 Å². The smallest absolute Gasteiger partial charge is 0.234 e. The molecule has 0 aliphatic heterocycles. The zero-order chi connectivity index (χ0) is 18.7. The van der Waals surface area contributed by atoms with Crippen LogP contribution < -0.4 is 11.1 Å². The summed E-state index contributed by atoms with van der Waals surface area (Å²) in [4.78, 5) is 12.1. The van der Waals surface area contributed by atoms with E-state index in [9.17, 15) is 9.18 Å². The quantitative estimate of drug-likeness (QED) is 0.512. The van der Waals surface area contributed by atoms with Crippen molar-refractivity contribution in [2.24, 2.45) is 7.05 Å². The molecule has 3 rings (SSSR count). The largest absolute Gasteiger partial charge is 0.399 e. The average Bonchev–Trinajstić information content (AvgIpc) is 2.98. The van der Waals surface area contributed by atoms with E-state index in [2.05, 4.69) is 15.5 Å². The number of hydrogen-bond acceptors (Lipinski definition) is 5. The molecule has 0 bridgehead atoms. The molecule has 3 aromatic rings. The van der Waals surface area contributed by atoms with Crippen molar-refractivity contribution < 1.29 is 9.18 Å². The molecule has 134 valence electrons.